The lowest BCUT2D eigenvalue weighted by Crippen LogP contribution is -2.29. The van der Waals surface area contributed by atoms with Crippen molar-refractivity contribution in [1.82, 2.24) is 10.3 Å². The van der Waals surface area contributed by atoms with Gasteiger partial charge in [0.1, 0.15) is 0 Å². The highest BCUT2D eigenvalue weighted by Crippen LogP contribution is 2.27. The molecular formula is C13H15ClN2S2. The molecule has 0 saturated heterocycles. The van der Waals surface area contributed by atoms with E-state index >= 15 is 0 Å². The fraction of sp³-hybridized carbons (Fsp3) is 0.308. The van der Waals surface area contributed by atoms with Gasteiger partial charge in [-0.05, 0) is 19.2 Å². The Morgan fingerprint density at radius 2 is 2.28 bits per heavy atom. The van der Waals surface area contributed by atoms with Gasteiger partial charge in [0.25, 0.3) is 0 Å². The quantitative estimate of drug-likeness (QED) is 0.823. The Labute approximate surface area is 121 Å². The first-order valence-electron chi connectivity index (χ1n) is 5.72. The topological polar surface area (TPSA) is 24.9 Å². The third kappa shape index (κ3) is 3.99. The van der Waals surface area contributed by atoms with Crippen LogP contribution in [-0.2, 0) is 6.42 Å². The summed E-state index contributed by atoms with van der Waals surface area (Å²) in [5.74, 6) is 0.986. The Balaban J connectivity index is 1.89. The molecule has 18 heavy (non-hydrogen) atoms. The van der Waals surface area contributed by atoms with Gasteiger partial charge in [0.2, 0.25) is 0 Å². The Kier molecular flexibility index (Phi) is 5.50. The summed E-state index contributed by atoms with van der Waals surface area (Å²) in [5, 5.41) is 7.35. The number of nitrogens with one attached hydrogen (secondary N) is 1. The van der Waals surface area contributed by atoms with Crippen LogP contribution in [0.25, 0.3) is 0 Å². The van der Waals surface area contributed by atoms with E-state index in [1.54, 1.807) is 23.1 Å². The number of likely N-dealkylation sites (N-methyl/N-ethyl adjacent to an activating group) is 1. The molecule has 0 aliphatic rings. The number of halogens is 1. The van der Waals surface area contributed by atoms with Gasteiger partial charge in [-0.2, -0.15) is 0 Å². The first kappa shape index (κ1) is 13.9. The summed E-state index contributed by atoms with van der Waals surface area (Å²) in [4.78, 5) is 5.46. The molecule has 0 amide bonds. The lowest BCUT2D eigenvalue weighted by atomic mass is 10.2. The van der Waals surface area contributed by atoms with Crippen LogP contribution in [0.1, 0.15) is 5.01 Å². The summed E-state index contributed by atoms with van der Waals surface area (Å²) < 4.78 is 0. The van der Waals surface area contributed by atoms with E-state index in [1.165, 1.54) is 5.01 Å². The second-order valence-corrected chi connectivity index (χ2v) is 6.31. The van der Waals surface area contributed by atoms with Crippen LogP contribution >= 0.6 is 34.7 Å². The number of aromatic nitrogens is 1. The van der Waals surface area contributed by atoms with Gasteiger partial charge >= 0.3 is 0 Å². The van der Waals surface area contributed by atoms with E-state index in [9.17, 15) is 0 Å². The van der Waals surface area contributed by atoms with Crippen LogP contribution in [0, 0.1) is 0 Å². The monoisotopic (exact) mass is 298 g/mol. The first-order valence-corrected chi connectivity index (χ1v) is 7.97. The molecule has 1 unspecified atom stereocenters. The highest BCUT2D eigenvalue weighted by molar-refractivity contribution is 7.99. The molecule has 1 aromatic carbocycles. The van der Waals surface area contributed by atoms with Crippen molar-refractivity contribution in [2.24, 2.45) is 0 Å². The number of thioether (sulfide) groups is 1. The van der Waals surface area contributed by atoms with Crippen LogP contribution in [0.3, 0.4) is 0 Å². The van der Waals surface area contributed by atoms with Gasteiger partial charge in [0.05, 0.1) is 10.0 Å². The first-order chi connectivity index (χ1) is 8.79. The second kappa shape index (κ2) is 7.14. The molecule has 96 valence electrons. The summed E-state index contributed by atoms with van der Waals surface area (Å²) in [5.41, 5.74) is 0. The second-order valence-electron chi connectivity index (χ2n) is 3.86. The minimum atomic E-state index is 0.414. The van der Waals surface area contributed by atoms with E-state index < -0.39 is 0 Å². The van der Waals surface area contributed by atoms with Gasteiger partial charge in [-0.3, -0.25) is 0 Å². The molecule has 1 atom stereocenters. The minimum absolute atomic E-state index is 0.414. The normalized spacial score (nSPS) is 12.6. The van der Waals surface area contributed by atoms with Crippen molar-refractivity contribution in [2.75, 3.05) is 12.8 Å². The van der Waals surface area contributed by atoms with E-state index in [0.29, 0.717) is 6.04 Å². The number of rotatable bonds is 6. The lowest BCUT2D eigenvalue weighted by Gasteiger charge is -2.14. The van der Waals surface area contributed by atoms with E-state index in [0.717, 1.165) is 22.1 Å². The van der Waals surface area contributed by atoms with Gasteiger partial charge in [0.15, 0.2) is 0 Å². The van der Waals surface area contributed by atoms with Crippen molar-refractivity contribution in [1.29, 1.82) is 0 Å². The van der Waals surface area contributed by atoms with Gasteiger partial charge in [-0.25, -0.2) is 4.98 Å². The maximum absolute atomic E-state index is 6.14. The molecule has 2 rings (SSSR count). The molecule has 0 aliphatic carbocycles. The molecule has 1 heterocycles. The van der Waals surface area contributed by atoms with Crippen molar-refractivity contribution in [2.45, 2.75) is 17.4 Å². The number of hydrogen-bond donors (Lipinski definition) is 1. The standard InChI is InChI=1S/C13H15ClN2S2/c1-15-10(8-13-16-6-7-17-13)9-18-12-5-3-2-4-11(12)14/h2-7,10,15H,8-9H2,1H3. The van der Waals surface area contributed by atoms with Crippen molar-refractivity contribution >= 4 is 34.7 Å². The molecule has 2 aromatic rings. The van der Waals surface area contributed by atoms with Crippen LogP contribution in [0.5, 0.6) is 0 Å². The Hall–Kier alpha value is -0.550. The highest BCUT2D eigenvalue weighted by Gasteiger charge is 2.10. The largest absolute Gasteiger partial charge is 0.316 e. The third-order valence-electron chi connectivity index (χ3n) is 2.59. The molecule has 1 N–H and O–H groups in total. The Morgan fingerprint density at radius 3 is 2.94 bits per heavy atom. The smallest absolute Gasteiger partial charge is 0.0940 e. The maximum Gasteiger partial charge on any atom is 0.0940 e. The predicted octanol–water partition coefficient (Wildman–Crippen LogP) is 3.72. The highest BCUT2D eigenvalue weighted by atomic mass is 35.5. The molecule has 5 heteroatoms. The van der Waals surface area contributed by atoms with Gasteiger partial charge in [-0.1, -0.05) is 23.7 Å². The summed E-state index contributed by atoms with van der Waals surface area (Å²) in [6.45, 7) is 0. The number of benzene rings is 1. The van der Waals surface area contributed by atoms with Gasteiger partial charge in [-0.15, -0.1) is 23.1 Å². The van der Waals surface area contributed by atoms with Crippen molar-refractivity contribution in [3.63, 3.8) is 0 Å². The SMILES string of the molecule is CNC(CSc1ccccc1Cl)Cc1nccs1. The van der Waals surface area contributed by atoms with E-state index in [-0.39, 0.29) is 0 Å². The molecule has 2 nitrogen and oxygen atoms in total. The summed E-state index contributed by atoms with van der Waals surface area (Å²) in [6.07, 6.45) is 2.82. The third-order valence-corrected chi connectivity index (χ3v) is 5.07. The molecule has 0 spiro atoms. The zero-order valence-electron chi connectivity index (χ0n) is 10.1. The fourth-order valence-corrected chi connectivity index (χ4v) is 3.60. The predicted molar refractivity (Wildman–Crippen MR) is 80.8 cm³/mol. The minimum Gasteiger partial charge on any atom is -0.316 e. The van der Waals surface area contributed by atoms with Crippen LogP contribution in [0.2, 0.25) is 5.02 Å². The van der Waals surface area contributed by atoms with Crippen molar-refractivity contribution in [3.05, 3.63) is 45.9 Å². The van der Waals surface area contributed by atoms with Crippen molar-refractivity contribution < 1.29 is 0 Å². The number of thiazole rings is 1. The number of hydrogen-bond acceptors (Lipinski definition) is 4. The molecule has 0 radical (unpaired) electrons. The molecular weight excluding hydrogens is 284 g/mol. The molecule has 0 fully saturated rings. The summed E-state index contributed by atoms with van der Waals surface area (Å²) >= 11 is 9.63. The van der Waals surface area contributed by atoms with Crippen LogP contribution in [0.4, 0.5) is 0 Å². The van der Waals surface area contributed by atoms with E-state index in [4.69, 9.17) is 11.6 Å². The van der Waals surface area contributed by atoms with Crippen LogP contribution in [0.15, 0.2) is 40.7 Å². The molecule has 0 aliphatic heterocycles. The summed E-state index contributed by atoms with van der Waals surface area (Å²) in [7, 11) is 1.99. The average molecular weight is 299 g/mol. The van der Waals surface area contributed by atoms with Crippen LogP contribution < -0.4 is 5.32 Å². The maximum atomic E-state index is 6.14. The van der Waals surface area contributed by atoms with Gasteiger partial charge in [0, 0.05) is 34.7 Å². The lowest BCUT2D eigenvalue weighted by molar-refractivity contribution is 0.615. The van der Waals surface area contributed by atoms with E-state index in [2.05, 4.69) is 16.4 Å². The van der Waals surface area contributed by atoms with Gasteiger partial charge < -0.3 is 5.32 Å². The zero-order valence-corrected chi connectivity index (χ0v) is 12.5. The summed E-state index contributed by atoms with van der Waals surface area (Å²) in [6, 6.07) is 8.38. The molecule has 0 bridgehead atoms. The van der Waals surface area contributed by atoms with E-state index in [1.807, 2.05) is 36.8 Å². The molecule has 1 aromatic heterocycles. The Bertz CT molecular complexity index is 474. The Morgan fingerprint density at radius 1 is 1.44 bits per heavy atom. The molecule has 0 saturated carbocycles. The fourth-order valence-electron chi connectivity index (χ4n) is 1.56. The number of nitrogens with zero attached hydrogens (tertiary/aromatic N) is 1. The zero-order chi connectivity index (χ0) is 12.8. The van der Waals surface area contributed by atoms with Crippen LogP contribution in [-0.4, -0.2) is 23.8 Å². The van der Waals surface area contributed by atoms with Crippen molar-refractivity contribution in [3.8, 4) is 0 Å². The average Bonchev–Trinajstić information content (AvgIpc) is 2.89.